The summed E-state index contributed by atoms with van der Waals surface area (Å²) >= 11 is 0. The van der Waals surface area contributed by atoms with Crippen LogP contribution in [0.5, 0.6) is 0 Å². The van der Waals surface area contributed by atoms with E-state index in [1.807, 2.05) is 0 Å². The number of phosphoric acid groups is 1. The van der Waals surface area contributed by atoms with Crippen LogP contribution in [0.4, 0.5) is 0 Å². The third kappa shape index (κ3) is 80.8. The molecule has 95 heavy (non-hydrogen) atoms. The number of unbranched alkanes of at least 4 members (excludes halogenated alkanes) is 60. The zero-order valence-corrected chi connectivity index (χ0v) is 64.3. The Morgan fingerprint density at radius 2 is 0.547 bits per heavy atom. The Morgan fingerprint density at radius 3 is 0.800 bits per heavy atom. The average molecular weight is 1360 g/mol. The normalized spacial score (nSPS) is 13.0. The van der Waals surface area contributed by atoms with E-state index >= 15 is 0 Å². The molecule has 2 unspecified atom stereocenters. The molecule has 0 amide bonds. The summed E-state index contributed by atoms with van der Waals surface area (Å²) in [6, 6.07) is 0. The first-order valence-electron chi connectivity index (χ1n) is 42.1. The molecule has 2 atom stereocenters. The standard InChI is InChI=1S/C85H162NO8P/c1-3-5-7-9-11-13-15-17-19-21-23-25-27-29-31-33-35-37-39-41-43-45-47-49-51-53-55-57-59-61-63-65-67-69-71-73-75-77-84(87)91-81-83(82-93-95(89,90)92-80-79-86)94-85(88)78-76-74-72-70-68-66-64-62-60-58-56-54-52-50-48-46-44-42-40-38-36-34-32-30-28-26-24-22-20-18-16-14-12-10-8-6-4-2/h15-18,21-24,83H,3-14,19-20,25-82,86H2,1-2H3,(H,89,90)/b17-15-,18-16-,23-21-,24-22-. The minimum atomic E-state index is -4.39. The molecule has 0 aromatic carbocycles. The Hall–Kier alpha value is -2.03. The molecule has 0 aliphatic carbocycles. The molecule has 0 saturated carbocycles. The van der Waals surface area contributed by atoms with Crippen molar-refractivity contribution in [1.29, 1.82) is 0 Å². The smallest absolute Gasteiger partial charge is 0.462 e. The topological polar surface area (TPSA) is 134 Å². The molecule has 0 radical (unpaired) electrons. The molecular formula is C85H162NO8P. The van der Waals surface area contributed by atoms with Crippen molar-refractivity contribution in [3.8, 4) is 0 Å². The number of phosphoric ester groups is 1. The van der Waals surface area contributed by atoms with Crippen LogP contribution in [-0.2, 0) is 32.7 Å². The third-order valence-corrected chi connectivity index (χ3v) is 20.2. The molecule has 0 saturated heterocycles. The van der Waals surface area contributed by atoms with Gasteiger partial charge in [0.1, 0.15) is 6.61 Å². The Bertz CT molecular complexity index is 1700. The minimum absolute atomic E-state index is 0.0565. The Balaban J connectivity index is 3.72. The summed E-state index contributed by atoms with van der Waals surface area (Å²) in [4.78, 5) is 35.5. The second kappa shape index (κ2) is 80.9. The van der Waals surface area contributed by atoms with Crippen molar-refractivity contribution < 1.29 is 37.6 Å². The van der Waals surface area contributed by atoms with Crippen molar-refractivity contribution in [2.45, 2.75) is 457 Å². The number of nitrogens with two attached hydrogens (primary N) is 1. The van der Waals surface area contributed by atoms with Gasteiger partial charge in [0, 0.05) is 19.4 Å². The van der Waals surface area contributed by atoms with Crippen LogP contribution >= 0.6 is 7.82 Å². The van der Waals surface area contributed by atoms with E-state index in [0.717, 1.165) is 44.9 Å². The van der Waals surface area contributed by atoms with Crippen LogP contribution in [0, 0.1) is 0 Å². The van der Waals surface area contributed by atoms with Crippen molar-refractivity contribution in [2.75, 3.05) is 26.4 Å². The summed E-state index contributed by atoms with van der Waals surface area (Å²) in [7, 11) is -4.39. The lowest BCUT2D eigenvalue weighted by molar-refractivity contribution is -0.161. The molecule has 0 aliphatic rings. The maximum absolute atomic E-state index is 12.8. The van der Waals surface area contributed by atoms with Crippen LogP contribution in [0.1, 0.15) is 450 Å². The molecular weight excluding hydrogens is 1190 g/mol. The molecule has 9 nitrogen and oxygen atoms in total. The first kappa shape index (κ1) is 93.0. The molecule has 0 fully saturated rings. The minimum Gasteiger partial charge on any atom is -0.462 e. The van der Waals surface area contributed by atoms with Gasteiger partial charge in [-0.05, 0) is 77.0 Å². The van der Waals surface area contributed by atoms with E-state index in [2.05, 4.69) is 62.5 Å². The first-order valence-corrected chi connectivity index (χ1v) is 43.6. The summed E-state index contributed by atoms with van der Waals surface area (Å²) in [6.45, 7) is 3.81. The van der Waals surface area contributed by atoms with E-state index in [1.165, 1.54) is 372 Å². The lowest BCUT2D eigenvalue weighted by atomic mass is 10.0. The average Bonchev–Trinajstić information content (AvgIpc) is 1.55. The lowest BCUT2D eigenvalue weighted by Gasteiger charge is -2.19. The summed E-state index contributed by atoms with van der Waals surface area (Å²) in [5.74, 6) is -0.800. The van der Waals surface area contributed by atoms with E-state index in [-0.39, 0.29) is 38.6 Å². The highest BCUT2D eigenvalue weighted by molar-refractivity contribution is 7.47. The van der Waals surface area contributed by atoms with Gasteiger partial charge in [-0.1, -0.05) is 409 Å². The highest BCUT2D eigenvalue weighted by Gasteiger charge is 2.26. The van der Waals surface area contributed by atoms with Crippen molar-refractivity contribution in [2.24, 2.45) is 5.73 Å². The fraction of sp³-hybridized carbons (Fsp3) is 0.882. The Kier molecular flexibility index (Phi) is 79.2. The Morgan fingerprint density at radius 1 is 0.316 bits per heavy atom. The number of hydrogen-bond donors (Lipinski definition) is 2. The van der Waals surface area contributed by atoms with Gasteiger partial charge in [0.2, 0.25) is 0 Å². The molecule has 560 valence electrons. The molecule has 0 heterocycles. The SMILES string of the molecule is CCCCCCC/C=C\C/C=C\CCCCCCCCCCCCCCCCCCCCCCCCCCCC(=O)OCC(COP(=O)(O)OCCN)OC(=O)CCCCCCCCCCCCCCCCCCCCCCCCCCC/C=C\C/C=C\CCCCCCC. The number of rotatable bonds is 81. The van der Waals surface area contributed by atoms with Crippen LogP contribution in [-0.4, -0.2) is 49.3 Å². The second-order valence-electron chi connectivity index (χ2n) is 28.7. The highest BCUT2D eigenvalue weighted by Crippen LogP contribution is 2.43. The number of carbonyl (C=O) groups excluding carboxylic acids is 2. The first-order chi connectivity index (χ1) is 46.8. The maximum Gasteiger partial charge on any atom is 0.472 e. The van der Waals surface area contributed by atoms with Gasteiger partial charge >= 0.3 is 19.8 Å². The predicted octanol–water partition coefficient (Wildman–Crippen LogP) is 28.3. The van der Waals surface area contributed by atoms with Crippen LogP contribution < -0.4 is 5.73 Å². The van der Waals surface area contributed by atoms with Crippen LogP contribution in [0.25, 0.3) is 0 Å². The number of carbonyl (C=O) groups is 2. The highest BCUT2D eigenvalue weighted by atomic mass is 31.2. The predicted molar refractivity (Wildman–Crippen MR) is 413 cm³/mol. The van der Waals surface area contributed by atoms with E-state index in [0.29, 0.717) is 6.42 Å². The van der Waals surface area contributed by atoms with Crippen LogP contribution in [0.2, 0.25) is 0 Å². The number of allylic oxidation sites excluding steroid dienone is 8. The molecule has 3 N–H and O–H groups in total. The van der Waals surface area contributed by atoms with Gasteiger partial charge in [0.05, 0.1) is 13.2 Å². The van der Waals surface area contributed by atoms with Crippen molar-refractivity contribution >= 4 is 19.8 Å². The van der Waals surface area contributed by atoms with Gasteiger partial charge in [0.15, 0.2) is 6.10 Å². The van der Waals surface area contributed by atoms with Gasteiger partial charge in [0.25, 0.3) is 0 Å². The third-order valence-electron chi connectivity index (χ3n) is 19.2. The monoisotopic (exact) mass is 1360 g/mol. The summed E-state index contributed by atoms with van der Waals surface area (Å²) in [5, 5.41) is 0. The van der Waals surface area contributed by atoms with Gasteiger partial charge in [-0.15, -0.1) is 0 Å². The van der Waals surface area contributed by atoms with E-state index in [9.17, 15) is 19.0 Å². The molecule has 0 aromatic rings. The molecule has 0 spiro atoms. The zero-order valence-electron chi connectivity index (χ0n) is 63.4. The van der Waals surface area contributed by atoms with Gasteiger partial charge in [-0.2, -0.15) is 0 Å². The van der Waals surface area contributed by atoms with Crippen LogP contribution in [0.15, 0.2) is 48.6 Å². The van der Waals surface area contributed by atoms with Gasteiger partial charge in [-0.3, -0.25) is 18.6 Å². The van der Waals surface area contributed by atoms with E-state index < -0.39 is 26.5 Å². The fourth-order valence-electron chi connectivity index (χ4n) is 12.9. The van der Waals surface area contributed by atoms with Crippen molar-refractivity contribution in [3.05, 3.63) is 48.6 Å². The second-order valence-corrected chi connectivity index (χ2v) is 30.2. The number of ether oxygens (including phenoxy) is 2. The summed E-state index contributed by atoms with van der Waals surface area (Å²) < 4.78 is 33.3. The van der Waals surface area contributed by atoms with Gasteiger partial charge < -0.3 is 20.1 Å². The largest absolute Gasteiger partial charge is 0.472 e. The molecule has 0 aliphatic heterocycles. The molecule has 0 aromatic heterocycles. The summed E-state index contributed by atoms with van der Waals surface area (Å²) in [5.41, 5.74) is 5.42. The summed E-state index contributed by atoms with van der Waals surface area (Å²) in [6.07, 6.45) is 106. The Labute approximate surface area is 591 Å². The quantitative estimate of drug-likeness (QED) is 0.0264. The molecule has 10 heteroatoms. The van der Waals surface area contributed by atoms with Gasteiger partial charge in [-0.25, -0.2) is 4.57 Å². The van der Waals surface area contributed by atoms with Crippen molar-refractivity contribution in [1.82, 2.24) is 0 Å². The fourth-order valence-corrected chi connectivity index (χ4v) is 13.7. The van der Waals surface area contributed by atoms with Crippen LogP contribution in [0.3, 0.4) is 0 Å². The maximum atomic E-state index is 12.8. The lowest BCUT2D eigenvalue weighted by Crippen LogP contribution is -2.29. The number of hydrogen-bond acceptors (Lipinski definition) is 8. The van der Waals surface area contributed by atoms with Crippen molar-refractivity contribution in [3.63, 3.8) is 0 Å². The zero-order chi connectivity index (χ0) is 68.6. The molecule has 0 bridgehead atoms. The van der Waals surface area contributed by atoms with E-state index in [1.54, 1.807) is 0 Å². The number of esters is 2. The molecule has 0 rings (SSSR count). The van der Waals surface area contributed by atoms with E-state index in [4.69, 9.17) is 24.3 Å².